The summed E-state index contributed by atoms with van der Waals surface area (Å²) in [5, 5.41) is 13.7. The molecule has 0 unspecified atom stereocenters. The predicted molar refractivity (Wildman–Crippen MR) is 181 cm³/mol. The van der Waals surface area contributed by atoms with E-state index in [1.54, 1.807) is 98.8 Å². The fraction of sp³-hybridized carbons (Fsp3) is 0.194. The number of anilines is 1. The Balaban J connectivity index is 1.52. The topological polar surface area (TPSA) is 150 Å². The summed E-state index contributed by atoms with van der Waals surface area (Å²) >= 11 is 0. The van der Waals surface area contributed by atoms with E-state index in [-0.39, 0.29) is 48.2 Å². The van der Waals surface area contributed by atoms with Crippen molar-refractivity contribution in [3.05, 3.63) is 114 Å². The lowest BCUT2D eigenvalue weighted by molar-refractivity contribution is -0.148. The van der Waals surface area contributed by atoms with Crippen LogP contribution in [-0.4, -0.2) is 62.3 Å². The van der Waals surface area contributed by atoms with Crippen molar-refractivity contribution in [2.45, 2.75) is 25.3 Å². The highest BCUT2D eigenvalue weighted by atomic mass is 32.2. The number of ether oxygens (including phenoxy) is 1. The number of carbonyl (C=O) groups is 3. The maximum atomic E-state index is 14.4. The van der Waals surface area contributed by atoms with Gasteiger partial charge in [-0.1, -0.05) is 48.5 Å². The molecule has 0 saturated heterocycles. The Bertz CT molecular complexity index is 2140. The zero-order valence-electron chi connectivity index (χ0n) is 26.4. The van der Waals surface area contributed by atoms with Crippen molar-refractivity contribution in [3.63, 3.8) is 0 Å². The smallest absolute Gasteiger partial charge is 0.325 e. The number of hydrogen-bond acceptors (Lipinski definition) is 8. The molecule has 0 aliphatic rings. The average molecular weight is 664 g/mol. The van der Waals surface area contributed by atoms with Crippen molar-refractivity contribution < 1.29 is 27.5 Å². The first kappa shape index (κ1) is 33.6. The molecule has 4 aromatic carbocycles. The number of amides is 2. The Kier molecular flexibility index (Phi) is 10.3. The molecule has 1 aromatic heterocycles. The van der Waals surface area contributed by atoms with E-state index in [4.69, 9.17) is 10.00 Å². The van der Waals surface area contributed by atoms with Gasteiger partial charge in [0.05, 0.1) is 29.4 Å². The number of para-hydroxylation sites is 1. The number of esters is 1. The van der Waals surface area contributed by atoms with Crippen molar-refractivity contribution in [2.75, 3.05) is 30.5 Å². The fourth-order valence-electron chi connectivity index (χ4n) is 5.28. The lowest BCUT2D eigenvalue weighted by Gasteiger charge is -2.28. The third-order valence-electron chi connectivity index (χ3n) is 7.74. The highest BCUT2D eigenvalue weighted by Crippen LogP contribution is 2.31. The standard InChI is InChI=1S/C36H33N5O6S/c1-3-40(24-34(43)47-4-2)33(42)23-41(48(45,46)32-12-6-8-27-10-7-19-38-35(27)32)29-17-18-30-28(20-29)9-5-11-31(30)36(44)39-22-26-15-13-25(21-37)14-16-26/h5-20H,3-4,22-24H2,1-2H3,(H,39,44). The Morgan fingerprint density at radius 2 is 1.62 bits per heavy atom. The number of nitrogens with zero attached hydrogens (tertiary/aromatic N) is 4. The summed E-state index contributed by atoms with van der Waals surface area (Å²) < 4.78 is 34.9. The van der Waals surface area contributed by atoms with Gasteiger partial charge in [0, 0.05) is 30.2 Å². The van der Waals surface area contributed by atoms with Gasteiger partial charge in [-0.2, -0.15) is 5.26 Å². The minimum atomic E-state index is -4.39. The molecule has 5 rings (SSSR count). The Hall–Kier alpha value is -5.80. The summed E-state index contributed by atoms with van der Waals surface area (Å²) in [6.45, 7) is 2.96. The highest BCUT2D eigenvalue weighted by Gasteiger charge is 2.31. The number of fused-ring (bicyclic) bond motifs is 2. The molecular weight excluding hydrogens is 630 g/mol. The Morgan fingerprint density at radius 3 is 2.35 bits per heavy atom. The quantitative estimate of drug-likeness (QED) is 0.187. The maximum Gasteiger partial charge on any atom is 0.325 e. The SMILES string of the molecule is CCOC(=O)CN(CC)C(=O)CN(c1ccc2c(C(=O)NCc3ccc(C#N)cc3)cccc2c1)S(=O)(=O)c1cccc2cccnc12. The number of pyridine rings is 1. The molecule has 0 bridgehead atoms. The molecule has 244 valence electrons. The van der Waals surface area contributed by atoms with E-state index >= 15 is 0 Å². The number of nitriles is 1. The second kappa shape index (κ2) is 14.7. The van der Waals surface area contributed by atoms with Crippen LogP contribution in [0, 0.1) is 11.3 Å². The fourth-order valence-corrected chi connectivity index (χ4v) is 6.85. The molecule has 1 N–H and O–H groups in total. The number of carbonyl (C=O) groups excluding carboxylic acids is 3. The molecule has 0 radical (unpaired) electrons. The number of aromatic nitrogens is 1. The molecular formula is C36H33N5O6S. The molecule has 1 heterocycles. The molecule has 0 fully saturated rings. The van der Waals surface area contributed by atoms with Crippen molar-refractivity contribution in [1.82, 2.24) is 15.2 Å². The summed E-state index contributed by atoms with van der Waals surface area (Å²) in [6, 6.07) is 27.1. The summed E-state index contributed by atoms with van der Waals surface area (Å²) in [5.74, 6) is -1.54. The van der Waals surface area contributed by atoms with Crippen LogP contribution < -0.4 is 9.62 Å². The third-order valence-corrected chi connectivity index (χ3v) is 9.54. The number of rotatable bonds is 12. The van der Waals surface area contributed by atoms with Gasteiger partial charge in [0.25, 0.3) is 15.9 Å². The molecule has 0 spiro atoms. The van der Waals surface area contributed by atoms with Gasteiger partial charge in [0.15, 0.2) is 0 Å². The molecule has 0 aliphatic heterocycles. The van der Waals surface area contributed by atoms with Gasteiger partial charge in [-0.15, -0.1) is 0 Å². The van der Waals surface area contributed by atoms with E-state index in [1.165, 1.54) is 17.2 Å². The van der Waals surface area contributed by atoms with Crippen LogP contribution in [0.2, 0.25) is 0 Å². The Morgan fingerprint density at radius 1 is 0.896 bits per heavy atom. The normalized spacial score (nSPS) is 11.1. The van der Waals surface area contributed by atoms with Gasteiger partial charge in [0.2, 0.25) is 5.91 Å². The first-order chi connectivity index (χ1) is 23.2. The van der Waals surface area contributed by atoms with Crippen LogP contribution in [0.25, 0.3) is 21.7 Å². The summed E-state index contributed by atoms with van der Waals surface area (Å²) in [7, 11) is -4.39. The van der Waals surface area contributed by atoms with Crippen LogP contribution in [0.3, 0.4) is 0 Å². The maximum absolute atomic E-state index is 14.4. The van der Waals surface area contributed by atoms with E-state index in [0.717, 1.165) is 9.87 Å². The predicted octanol–water partition coefficient (Wildman–Crippen LogP) is 4.80. The summed E-state index contributed by atoms with van der Waals surface area (Å²) in [5.41, 5.74) is 2.15. The van der Waals surface area contributed by atoms with E-state index in [2.05, 4.69) is 16.4 Å². The van der Waals surface area contributed by atoms with Gasteiger partial charge in [-0.25, -0.2) is 8.42 Å². The van der Waals surface area contributed by atoms with E-state index in [9.17, 15) is 22.8 Å². The van der Waals surface area contributed by atoms with Crippen LogP contribution in [0.4, 0.5) is 5.69 Å². The number of hydrogen-bond donors (Lipinski definition) is 1. The molecule has 0 saturated carbocycles. The number of likely N-dealkylation sites (N-methyl/N-ethyl adjacent to an activating group) is 1. The lowest BCUT2D eigenvalue weighted by Crippen LogP contribution is -2.45. The van der Waals surface area contributed by atoms with Gasteiger partial charge < -0.3 is 15.0 Å². The number of nitrogens with one attached hydrogen (secondary N) is 1. The van der Waals surface area contributed by atoms with Crippen LogP contribution >= 0.6 is 0 Å². The minimum absolute atomic E-state index is 0.0853. The molecule has 0 atom stereocenters. The average Bonchev–Trinajstić information content (AvgIpc) is 3.11. The van der Waals surface area contributed by atoms with Gasteiger partial charge in [0.1, 0.15) is 18.0 Å². The third kappa shape index (κ3) is 7.27. The molecule has 48 heavy (non-hydrogen) atoms. The Labute approximate surface area is 278 Å². The van der Waals surface area contributed by atoms with Crippen LogP contribution in [0.15, 0.2) is 102 Å². The highest BCUT2D eigenvalue weighted by molar-refractivity contribution is 7.93. The van der Waals surface area contributed by atoms with E-state index in [0.29, 0.717) is 27.3 Å². The minimum Gasteiger partial charge on any atom is -0.465 e. The second-order valence-corrected chi connectivity index (χ2v) is 12.6. The molecule has 0 aliphatic carbocycles. The van der Waals surface area contributed by atoms with Crippen LogP contribution in [0.1, 0.15) is 35.3 Å². The molecule has 5 aromatic rings. The lowest BCUT2D eigenvalue weighted by atomic mass is 10.0. The number of benzene rings is 4. The largest absolute Gasteiger partial charge is 0.465 e. The van der Waals surface area contributed by atoms with Crippen molar-refractivity contribution in [2.24, 2.45) is 0 Å². The summed E-state index contributed by atoms with van der Waals surface area (Å²) in [6.07, 6.45) is 1.50. The molecule has 2 amide bonds. The van der Waals surface area contributed by atoms with Crippen LogP contribution in [-0.2, 0) is 30.9 Å². The molecule has 11 nitrogen and oxygen atoms in total. The number of sulfonamides is 1. The zero-order valence-corrected chi connectivity index (χ0v) is 27.2. The zero-order chi connectivity index (χ0) is 34.3. The van der Waals surface area contributed by atoms with E-state index in [1.807, 2.05) is 0 Å². The van der Waals surface area contributed by atoms with E-state index < -0.39 is 28.4 Å². The van der Waals surface area contributed by atoms with Gasteiger partial charge >= 0.3 is 5.97 Å². The van der Waals surface area contributed by atoms with Gasteiger partial charge in [-0.3, -0.25) is 23.7 Å². The summed E-state index contributed by atoms with van der Waals surface area (Å²) in [4.78, 5) is 44.6. The second-order valence-electron chi connectivity index (χ2n) is 10.8. The van der Waals surface area contributed by atoms with Crippen LogP contribution in [0.5, 0.6) is 0 Å². The monoisotopic (exact) mass is 663 g/mol. The van der Waals surface area contributed by atoms with Crippen molar-refractivity contribution in [1.29, 1.82) is 5.26 Å². The van der Waals surface area contributed by atoms with Crippen molar-refractivity contribution >= 4 is 55.2 Å². The van der Waals surface area contributed by atoms with Gasteiger partial charge in [-0.05, 0) is 72.6 Å². The first-order valence-electron chi connectivity index (χ1n) is 15.3. The molecule has 12 heteroatoms. The first-order valence-corrected chi connectivity index (χ1v) is 16.7. The van der Waals surface area contributed by atoms with Crippen molar-refractivity contribution in [3.8, 4) is 6.07 Å².